The number of carbonyl (C=O) groups is 1. The first kappa shape index (κ1) is 14.3. The first-order valence-electron chi connectivity index (χ1n) is 5.92. The van der Waals surface area contributed by atoms with Crippen molar-refractivity contribution in [1.82, 2.24) is 0 Å². The van der Waals surface area contributed by atoms with E-state index in [1.54, 1.807) is 0 Å². The van der Waals surface area contributed by atoms with Gasteiger partial charge in [0.05, 0.1) is 7.11 Å². The maximum atomic E-state index is 13.5. The van der Waals surface area contributed by atoms with Gasteiger partial charge >= 0.3 is 5.97 Å². The van der Waals surface area contributed by atoms with Crippen LogP contribution in [0.15, 0.2) is 23.1 Å². The molecule has 0 aliphatic heterocycles. The summed E-state index contributed by atoms with van der Waals surface area (Å²) in [7, 11) is 1.29. The molecule has 2 rings (SSSR count). The predicted octanol–water partition coefficient (Wildman–Crippen LogP) is 2.34. The Morgan fingerprint density at radius 2 is 2.21 bits per heavy atom. The Hall–Kier alpha value is -1.14. The van der Waals surface area contributed by atoms with Crippen LogP contribution in [0.4, 0.5) is 8.78 Å². The van der Waals surface area contributed by atoms with Gasteiger partial charge in [-0.25, -0.2) is 8.78 Å². The fourth-order valence-corrected chi connectivity index (χ4v) is 3.03. The Morgan fingerprint density at radius 1 is 1.53 bits per heavy atom. The molecule has 1 unspecified atom stereocenters. The number of rotatable bonds is 5. The summed E-state index contributed by atoms with van der Waals surface area (Å²) in [6.07, 6.45) is 1.75. The van der Waals surface area contributed by atoms with E-state index in [1.165, 1.54) is 19.2 Å². The van der Waals surface area contributed by atoms with Crippen molar-refractivity contribution in [3.8, 4) is 0 Å². The number of ether oxygens (including phenoxy) is 1. The van der Waals surface area contributed by atoms with Crippen LogP contribution >= 0.6 is 11.8 Å². The van der Waals surface area contributed by atoms with Gasteiger partial charge in [-0.3, -0.25) is 4.79 Å². The van der Waals surface area contributed by atoms with Crippen LogP contribution in [-0.4, -0.2) is 24.4 Å². The van der Waals surface area contributed by atoms with Gasteiger partial charge in [0.2, 0.25) is 0 Å². The van der Waals surface area contributed by atoms with Crippen molar-refractivity contribution >= 4 is 17.7 Å². The van der Waals surface area contributed by atoms with Crippen molar-refractivity contribution in [3.05, 3.63) is 29.8 Å². The lowest BCUT2D eigenvalue weighted by Gasteiger charge is -2.26. The van der Waals surface area contributed by atoms with E-state index in [0.717, 1.165) is 30.7 Å². The predicted molar refractivity (Wildman–Crippen MR) is 68.7 cm³/mol. The zero-order chi connectivity index (χ0) is 14.0. The van der Waals surface area contributed by atoms with Crippen molar-refractivity contribution in [2.75, 3.05) is 12.9 Å². The van der Waals surface area contributed by atoms with E-state index < -0.39 is 23.1 Å². The lowest BCUT2D eigenvalue weighted by atomic mass is 9.97. The summed E-state index contributed by atoms with van der Waals surface area (Å²) in [5.74, 6) is -1.46. The summed E-state index contributed by atoms with van der Waals surface area (Å²) in [6, 6.07) is 3.34. The Bertz CT molecular complexity index is 494. The Kier molecular flexibility index (Phi) is 4.10. The summed E-state index contributed by atoms with van der Waals surface area (Å²) in [5, 5.41) is 0. The lowest BCUT2D eigenvalue weighted by Crippen LogP contribution is -2.53. The molecular formula is C13H15F2NO2S. The highest BCUT2D eigenvalue weighted by Gasteiger charge is 2.49. The first-order valence-corrected chi connectivity index (χ1v) is 6.91. The van der Waals surface area contributed by atoms with Crippen molar-refractivity contribution in [2.24, 2.45) is 11.7 Å². The van der Waals surface area contributed by atoms with Crippen LogP contribution in [0.3, 0.4) is 0 Å². The molecule has 3 nitrogen and oxygen atoms in total. The van der Waals surface area contributed by atoms with Crippen LogP contribution in [0.25, 0.3) is 0 Å². The molecule has 1 fully saturated rings. The first-order chi connectivity index (χ1) is 8.97. The summed E-state index contributed by atoms with van der Waals surface area (Å²) in [4.78, 5) is 12.0. The molecule has 19 heavy (non-hydrogen) atoms. The number of benzene rings is 1. The van der Waals surface area contributed by atoms with Gasteiger partial charge in [0.1, 0.15) is 17.2 Å². The zero-order valence-electron chi connectivity index (χ0n) is 10.5. The van der Waals surface area contributed by atoms with E-state index in [2.05, 4.69) is 0 Å². The summed E-state index contributed by atoms with van der Waals surface area (Å²) in [5.41, 5.74) is 5.00. The van der Waals surface area contributed by atoms with E-state index in [4.69, 9.17) is 10.5 Å². The average Bonchev–Trinajstić information content (AvgIpc) is 3.21. The van der Waals surface area contributed by atoms with Gasteiger partial charge in [0, 0.05) is 16.7 Å². The second-order valence-electron chi connectivity index (χ2n) is 4.67. The van der Waals surface area contributed by atoms with Crippen LogP contribution in [0.1, 0.15) is 12.8 Å². The van der Waals surface area contributed by atoms with Gasteiger partial charge in [-0.1, -0.05) is 0 Å². The Labute approximate surface area is 114 Å². The van der Waals surface area contributed by atoms with Crippen LogP contribution < -0.4 is 5.73 Å². The normalized spacial score (nSPS) is 17.9. The highest BCUT2D eigenvalue weighted by molar-refractivity contribution is 7.99. The molecule has 0 heterocycles. The molecule has 0 saturated heterocycles. The van der Waals surface area contributed by atoms with E-state index in [9.17, 15) is 13.6 Å². The third-order valence-electron chi connectivity index (χ3n) is 3.23. The summed E-state index contributed by atoms with van der Waals surface area (Å²) in [6.45, 7) is 0. The molecule has 1 saturated carbocycles. The van der Waals surface area contributed by atoms with Gasteiger partial charge in [-0.15, -0.1) is 11.8 Å². The highest BCUT2D eigenvalue weighted by Crippen LogP contribution is 2.41. The number of hydrogen-bond donors (Lipinski definition) is 1. The van der Waals surface area contributed by atoms with Gasteiger partial charge in [0.25, 0.3) is 0 Å². The van der Waals surface area contributed by atoms with Crippen LogP contribution in [0.2, 0.25) is 0 Å². The van der Waals surface area contributed by atoms with Gasteiger partial charge < -0.3 is 10.5 Å². The topological polar surface area (TPSA) is 52.3 Å². The number of carbonyl (C=O) groups excluding carboxylic acids is 1. The second-order valence-corrected chi connectivity index (χ2v) is 5.69. The molecule has 0 aromatic heterocycles. The van der Waals surface area contributed by atoms with Crippen molar-refractivity contribution in [1.29, 1.82) is 0 Å². The summed E-state index contributed by atoms with van der Waals surface area (Å²) < 4.78 is 31.0. The quantitative estimate of drug-likeness (QED) is 0.667. The molecule has 6 heteroatoms. The van der Waals surface area contributed by atoms with Gasteiger partial charge in [-0.05, 0) is 30.9 Å². The third kappa shape index (κ3) is 3.06. The average molecular weight is 287 g/mol. The van der Waals surface area contributed by atoms with Gasteiger partial charge in [-0.2, -0.15) is 0 Å². The molecule has 1 aromatic carbocycles. The molecule has 104 valence electrons. The number of hydrogen-bond acceptors (Lipinski definition) is 4. The summed E-state index contributed by atoms with van der Waals surface area (Å²) >= 11 is 1.11. The molecule has 1 aromatic rings. The lowest BCUT2D eigenvalue weighted by molar-refractivity contribution is -0.146. The largest absolute Gasteiger partial charge is 0.468 e. The molecule has 1 aliphatic carbocycles. The Morgan fingerprint density at radius 3 is 2.74 bits per heavy atom. The van der Waals surface area contributed by atoms with Crippen LogP contribution in [0, 0.1) is 17.6 Å². The molecule has 1 atom stereocenters. The van der Waals surface area contributed by atoms with Crippen molar-refractivity contribution in [2.45, 2.75) is 23.3 Å². The highest BCUT2D eigenvalue weighted by atomic mass is 32.2. The molecular weight excluding hydrogens is 272 g/mol. The zero-order valence-corrected chi connectivity index (χ0v) is 11.3. The smallest absolute Gasteiger partial charge is 0.327 e. The fourth-order valence-electron chi connectivity index (χ4n) is 1.92. The minimum absolute atomic E-state index is 0.0796. The van der Waals surface area contributed by atoms with Gasteiger partial charge in [0.15, 0.2) is 0 Å². The maximum absolute atomic E-state index is 13.5. The molecule has 2 N–H and O–H groups in total. The molecule has 1 aliphatic rings. The molecule has 0 amide bonds. The minimum Gasteiger partial charge on any atom is -0.468 e. The number of halogens is 2. The minimum atomic E-state index is -1.10. The molecule has 0 radical (unpaired) electrons. The van der Waals surface area contributed by atoms with E-state index >= 15 is 0 Å². The van der Waals surface area contributed by atoms with E-state index in [-0.39, 0.29) is 16.6 Å². The fraction of sp³-hybridized carbons (Fsp3) is 0.462. The third-order valence-corrected chi connectivity index (χ3v) is 4.50. The molecule has 0 spiro atoms. The standard InChI is InChI=1S/C13H15F2NO2S/c1-18-12(17)13(16,8-2-3-8)7-19-11-5-4-9(14)6-10(11)15/h4-6,8H,2-3,7,16H2,1H3. The second kappa shape index (κ2) is 5.46. The van der Waals surface area contributed by atoms with E-state index in [1.807, 2.05) is 0 Å². The maximum Gasteiger partial charge on any atom is 0.327 e. The molecule has 0 bridgehead atoms. The monoisotopic (exact) mass is 287 g/mol. The Balaban J connectivity index is 2.09. The number of esters is 1. The number of thioether (sulfide) groups is 1. The number of methoxy groups -OCH3 is 1. The SMILES string of the molecule is COC(=O)C(N)(CSc1ccc(F)cc1F)C1CC1. The van der Waals surface area contributed by atoms with Crippen LogP contribution in [-0.2, 0) is 9.53 Å². The van der Waals surface area contributed by atoms with E-state index in [0.29, 0.717) is 0 Å². The number of nitrogens with two attached hydrogens (primary N) is 1. The van der Waals surface area contributed by atoms with Crippen LogP contribution in [0.5, 0.6) is 0 Å². The van der Waals surface area contributed by atoms with Crippen molar-refractivity contribution in [3.63, 3.8) is 0 Å². The van der Waals surface area contributed by atoms with Crippen molar-refractivity contribution < 1.29 is 18.3 Å².